The van der Waals surface area contributed by atoms with Gasteiger partial charge < -0.3 is 15.4 Å². The van der Waals surface area contributed by atoms with Gasteiger partial charge >= 0.3 is 0 Å². The second-order valence-electron chi connectivity index (χ2n) is 7.05. The van der Waals surface area contributed by atoms with Crippen molar-refractivity contribution in [2.45, 2.75) is 38.3 Å². The van der Waals surface area contributed by atoms with E-state index in [0.29, 0.717) is 12.1 Å². The van der Waals surface area contributed by atoms with Crippen molar-refractivity contribution in [1.82, 2.24) is 10.6 Å². The molecule has 3 rings (SSSR count). The topological polar surface area (TPSA) is 45.7 Å². The minimum absolute atomic E-state index is 0. The maximum absolute atomic E-state index is 13.8. The Morgan fingerprint density at radius 1 is 1.14 bits per heavy atom. The summed E-state index contributed by atoms with van der Waals surface area (Å²) in [5.41, 5.74) is 3.13. The van der Waals surface area contributed by atoms with Crippen molar-refractivity contribution >= 4 is 29.9 Å². The van der Waals surface area contributed by atoms with Crippen LogP contribution in [-0.2, 0) is 23.3 Å². The smallest absolute Gasteiger partial charge is 0.191 e. The Hall–Kier alpha value is -1.67. The molecular weight excluding hydrogens is 468 g/mol. The zero-order chi connectivity index (χ0) is 19.1. The number of nitrogens with zero attached hydrogens (tertiary/aromatic N) is 1. The lowest BCUT2D eigenvalue weighted by Gasteiger charge is -2.19. The standard InChI is InChI=1S/C22H28FN3O.HI/c1-3-24-21(25-14-17-9-10-20(23)18(13-17)15-27-2)26-16-22(11-12-22)19-7-5-4-6-8-19;/h4-10,13H,3,11-12,14-16H2,1-2H3,(H2,24,25,26);1H. The van der Waals surface area contributed by atoms with Gasteiger partial charge in [0.15, 0.2) is 5.96 Å². The van der Waals surface area contributed by atoms with Crippen molar-refractivity contribution in [3.63, 3.8) is 0 Å². The van der Waals surface area contributed by atoms with Crippen LogP contribution in [0.15, 0.2) is 53.5 Å². The van der Waals surface area contributed by atoms with Crippen LogP contribution in [0.1, 0.15) is 36.5 Å². The summed E-state index contributed by atoms with van der Waals surface area (Å²) in [7, 11) is 1.57. The summed E-state index contributed by atoms with van der Waals surface area (Å²) in [4.78, 5) is 4.67. The van der Waals surface area contributed by atoms with E-state index in [1.165, 1.54) is 24.5 Å². The monoisotopic (exact) mass is 497 g/mol. The molecule has 0 unspecified atom stereocenters. The molecule has 2 N–H and O–H groups in total. The maximum Gasteiger partial charge on any atom is 0.191 e. The molecule has 0 atom stereocenters. The van der Waals surface area contributed by atoms with Gasteiger partial charge in [0.25, 0.3) is 0 Å². The van der Waals surface area contributed by atoms with Gasteiger partial charge in [0.2, 0.25) is 0 Å². The van der Waals surface area contributed by atoms with E-state index < -0.39 is 0 Å². The third-order valence-corrected chi connectivity index (χ3v) is 5.01. The van der Waals surface area contributed by atoms with Gasteiger partial charge in [0, 0.05) is 31.2 Å². The predicted molar refractivity (Wildman–Crippen MR) is 123 cm³/mol. The molecule has 28 heavy (non-hydrogen) atoms. The molecule has 1 aliphatic rings. The fraction of sp³-hybridized carbons (Fsp3) is 0.409. The molecule has 0 bridgehead atoms. The van der Waals surface area contributed by atoms with E-state index in [1.807, 2.05) is 6.07 Å². The molecule has 0 spiro atoms. The van der Waals surface area contributed by atoms with E-state index in [0.717, 1.165) is 24.6 Å². The van der Waals surface area contributed by atoms with Crippen molar-refractivity contribution in [1.29, 1.82) is 0 Å². The Morgan fingerprint density at radius 3 is 2.54 bits per heavy atom. The van der Waals surface area contributed by atoms with Crippen LogP contribution in [0.3, 0.4) is 0 Å². The lowest BCUT2D eigenvalue weighted by atomic mass is 9.96. The lowest BCUT2D eigenvalue weighted by molar-refractivity contribution is 0.181. The lowest BCUT2D eigenvalue weighted by Crippen LogP contribution is -2.41. The molecule has 1 aliphatic carbocycles. The highest BCUT2D eigenvalue weighted by atomic mass is 127. The number of hydrogen-bond acceptors (Lipinski definition) is 2. The molecular formula is C22H29FIN3O. The van der Waals surface area contributed by atoms with Crippen LogP contribution in [0, 0.1) is 5.82 Å². The van der Waals surface area contributed by atoms with Crippen LogP contribution in [0.25, 0.3) is 0 Å². The van der Waals surface area contributed by atoms with E-state index in [2.05, 4.69) is 52.9 Å². The van der Waals surface area contributed by atoms with Gasteiger partial charge in [-0.3, -0.25) is 0 Å². The number of aliphatic imine (C=N–C) groups is 1. The average molecular weight is 497 g/mol. The van der Waals surface area contributed by atoms with Crippen LogP contribution in [0.4, 0.5) is 4.39 Å². The van der Waals surface area contributed by atoms with Gasteiger partial charge in [-0.15, -0.1) is 24.0 Å². The molecule has 2 aromatic rings. The quantitative estimate of drug-likeness (QED) is 0.324. The van der Waals surface area contributed by atoms with Crippen LogP contribution >= 0.6 is 24.0 Å². The molecule has 6 heteroatoms. The maximum atomic E-state index is 13.8. The highest BCUT2D eigenvalue weighted by Gasteiger charge is 2.43. The van der Waals surface area contributed by atoms with Gasteiger partial charge in [-0.25, -0.2) is 9.38 Å². The second kappa shape index (κ2) is 10.8. The second-order valence-corrected chi connectivity index (χ2v) is 7.05. The summed E-state index contributed by atoms with van der Waals surface area (Å²) < 4.78 is 18.8. The summed E-state index contributed by atoms with van der Waals surface area (Å²) in [5, 5.41) is 6.78. The zero-order valence-corrected chi connectivity index (χ0v) is 18.8. The molecule has 0 radical (unpaired) electrons. The summed E-state index contributed by atoms with van der Waals surface area (Å²) in [6.07, 6.45) is 2.39. The summed E-state index contributed by atoms with van der Waals surface area (Å²) in [6, 6.07) is 15.7. The van der Waals surface area contributed by atoms with Crippen LogP contribution < -0.4 is 10.6 Å². The fourth-order valence-corrected chi connectivity index (χ4v) is 3.27. The highest BCUT2D eigenvalue weighted by molar-refractivity contribution is 14.0. The first kappa shape index (κ1) is 22.6. The Labute approximate surface area is 184 Å². The molecule has 0 aliphatic heterocycles. The van der Waals surface area contributed by atoms with E-state index in [9.17, 15) is 4.39 Å². The van der Waals surface area contributed by atoms with Gasteiger partial charge in [0.05, 0.1) is 13.2 Å². The normalized spacial score (nSPS) is 14.9. The van der Waals surface area contributed by atoms with E-state index in [4.69, 9.17) is 4.74 Å². The minimum Gasteiger partial charge on any atom is -0.380 e. The SMILES string of the molecule is CCNC(=NCc1ccc(F)c(COC)c1)NCC1(c2ccccc2)CC1.I. The van der Waals surface area contributed by atoms with Crippen molar-refractivity contribution in [3.05, 3.63) is 71.0 Å². The van der Waals surface area contributed by atoms with Gasteiger partial charge in [-0.05, 0) is 43.0 Å². The van der Waals surface area contributed by atoms with E-state index in [1.54, 1.807) is 13.2 Å². The molecule has 4 nitrogen and oxygen atoms in total. The number of nitrogens with one attached hydrogen (secondary N) is 2. The van der Waals surface area contributed by atoms with Crippen molar-refractivity contribution in [2.24, 2.45) is 4.99 Å². The third-order valence-electron chi connectivity index (χ3n) is 5.01. The fourth-order valence-electron chi connectivity index (χ4n) is 3.27. The number of rotatable bonds is 8. The Kier molecular flexibility index (Phi) is 8.69. The van der Waals surface area contributed by atoms with Gasteiger partial charge in [0.1, 0.15) is 5.82 Å². The summed E-state index contributed by atoms with van der Waals surface area (Å²) in [5.74, 6) is 0.547. The van der Waals surface area contributed by atoms with Gasteiger partial charge in [-0.2, -0.15) is 0 Å². The largest absolute Gasteiger partial charge is 0.380 e. The summed E-state index contributed by atoms with van der Waals surface area (Å²) in [6.45, 7) is 4.46. The number of guanidine groups is 1. The highest BCUT2D eigenvalue weighted by Crippen LogP contribution is 2.47. The first-order valence-corrected chi connectivity index (χ1v) is 9.51. The Bertz CT molecular complexity index is 779. The van der Waals surface area contributed by atoms with Crippen molar-refractivity contribution in [2.75, 3.05) is 20.2 Å². The summed E-state index contributed by atoms with van der Waals surface area (Å²) >= 11 is 0. The average Bonchev–Trinajstić information content (AvgIpc) is 3.48. The molecule has 0 saturated heterocycles. The predicted octanol–water partition coefficient (Wildman–Crippen LogP) is 4.38. The van der Waals surface area contributed by atoms with E-state index >= 15 is 0 Å². The minimum atomic E-state index is -0.242. The molecule has 0 heterocycles. The van der Waals surface area contributed by atoms with Crippen LogP contribution in [-0.4, -0.2) is 26.2 Å². The third kappa shape index (κ3) is 5.91. The number of halogens is 2. The zero-order valence-electron chi connectivity index (χ0n) is 16.5. The molecule has 0 aromatic heterocycles. The number of ether oxygens (including phenoxy) is 1. The molecule has 1 saturated carbocycles. The molecule has 152 valence electrons. The van der Waals surface area contributed by atoms with E-state index in [-0.39, 0.29) is 41.8 Å². The first-order chi connectivity index (χ1) is 13.2. The Morgan fingerprint density at radius 2 is 1.89 bits per heavy atom. The van der Waals surface area contributed by atoms with Gasteiger partial charge in [-0.1, -0.05) is 36.4 Å². The first-order valence-electron chi connectivity index (χ1n) is 9.51. The van der Waals surface area contributed by atoms with Crippen molar-refractivity contribution in [3.8, 4) is 0 Å². The molecule has 2 aromatic carbocycles. The molecule has 0 amide bonds. The van der Waals surface area contributed by atoms with Crippen LogP contribution in [0.2, 0.25) is 0 Å². The van der Waals surface area contributed by atoms with Crippen LogP contribution in [0.5, 0.6) is 0 Å². The number of benzene rings is 2. The van der Waals surface area contributed by atoms with Crippen molar-refractivity contribution < 1.29 is 9.13 Å². The number of hydrogen-bond donors (Lipinski definition) is 2. The number of methoxy groups -OCH3 is 1. The Balaban J connectivity index is 0.00000280. The molecule has 1 fully saturated rings.